The van der Waals surface area contributed by atoms with Gasteiger partial charge in [-0.25, -0.2) is 0 Å². The minimum Gasteiger partial charge on any atom is -0.493 e. The summed E-state index contributed by atoms with van der Waals surface area (Å²) in [5, 5.41) is 5.54. The molecule has 0 radical (unpaired) electrons. The first-order valence-electron chi connectivity index (χ1n) is 8.06. The van der Waals surface area contributed by atoms with Gasteiger partial charge in [-0.05, 0) is 56.3 Å². The van der Waals surface area contributed by atoms with Gasteiger partial charge in [-0.15, -0.1) is 0 Å². The van der Waals surface area contributed by atoms with Crippen LogP contribution in [0.1, 0.15) is 24.2 Å². The predicted molar refractivity (Wildman–Crippen MR) is 104 cm³/mol. The molecular weight excluding hydrogens is 400 g/mol. The molecule has 0 aliphatic carbocycles. The first kappa shape index (κ1) is 19.8. The summed E-state index contributed by atoms with van der Waals surface area (Å²) in [5.74, 6) is 0.246. The van der Waals surface area contributed by atoms with Crippen LogP contribution in [0.25, 0.3) is 0 Å². The molecule has 0 unspecified atom stereocenters. The smallest absolute Gasteiger partial charge is 0.262 e. The van der Waals surface area contributed by atoms with Gasteiger partial charge in [0.05, 0.1) is 7.11 Å². The van der Waals surface area contributed by atoms with Crippen molar-refractivity contribution in [1.29, 1.82) is 0 Å². The molecule has 0 heterocycles. The summed E-state index contributed by atoms with van der Waals surface area (Å²) in [6, 6.07) is 12.1. The lowest BCUT2D eigenvalue weighted by Gasteiger charge is -2.13. The molecular formula is C19H21BrN2O4. The van der Waals surface area contributed by atoms with Crippen LogP contribution in [0.3, 0.4) is 0 Å². The summed E-state index contributed by atoms with van der Waals surface area (Å²) in [6.07, 6.45) is 0. The zero-order valence-electron chi connectivity index (χ0n) is 14.8. The Morgan fingerprint density at radius 2 is 1.77 bits per heavy atom. The Bertz CT molecular complexity index is 776. The van der Waals surface area contributed by atoms with Gasteiger partial charge >= 0.3 is 0 Å². The molecule has 0 atom stereocenters. The number of halogens is 1. The molecule has 6 nitrogen and oxygen atoms in total. The average Bonchev–Trinajstić information content (AvgIpc) is 2.61. The maximum Gasteiger partial charge on any atom is 0.262 e. The summed E-state index contributed by atoms with van der Waals surface area (Å²) in [5.41, 5.74) is 1.10. The second kappa shape index (κ2) is 9.24. The van der Waals surface area contributed by atoms with Crippen molar-refractivity contribution in [3.05, 3.63) is 52.5 Å². The molecule has 0 spiro atoms. The fourth-order valence-electron chi connectivity index (χ4n) is 2.15. The zero-order chi connectivity index (χ0) is 19.1. The van der Waals surface area contributed by atoms with E-state index in [1.807, 2.05) is 26.0 Å². The fraction of sp³-hybridized carbons (Fsp3) is 0.263. The number of amides is 2. The molecule has 7 heteroatoms. The summed E-state index contributed by atoms with van der Waals surface area (Å²) in [6.45, 7) is 3.55. The molecule has 0 fully saturated rings. The van der Waals surface area contributed by atoms with E-state index in [2.05, 4.69) is 26.6 Å². The molecule has 2 aromatic rings. The van der Waals surface area contributed by atoms with Crippen LogP contribution in [-0.2, 0) is 4.79 Å². The second-order valence-electron chi connectivity index (χ2n) is 5.84. The van der Waals surface area contributed by atoms with E-state index < -0.39 is 0 Å². The molecule has 0 aliphatic heterocycles. The van der Waals surface area contributed by atoms with Crippen molar-refractivity contribution in [3.8, 4) is 11.5 Å². The van der Waals surface area contributed by atoms with Crippen LogP contribution in [0.15, 0.2) is 46.9 Å². The Kier molecular flexibility index (Phi) is 7.03. The summed E-state index contributed by atoms with van der Waals surface area (Å²) >= 11 is 3.34. The Balaban J connectivity index is 2.03. The highest BCUT2D eigenvalue weighted by Crippen LogP contribution is 2.28. The molecule has 138 valence electrons. The third-order valence-electron chi connectivity index (χ3n) is 3.33. The maximum absolute atomic E-state index is 12.1. The van der Waals surface area contributed by atoms with Crippen LogP contribution in [-0.4, -0.2) is 31.6 Å². The predicted octanol–water partition coefficient (Wildman–Crippen LogP) is 3.61. The van der Waals surface area contributed by atoms with Gasteiger partial charge in [-0.1, -0.05) is 15.9 Å². The molecule has 2 rings (SSSR count). The topological polar surface area (TPSA) is 76.7 Å². The first-order chi connectivity index (χ1) is 12.4. The lowest BCUT2D eigenvalue weighted by atomic mass is 10.2. The highest BCUT2D eigenvalue weighted by atomic mass is 79.9. The summed E-state index contributed by atoms with van der Waals surface area (Å²) < 4.78 is 11.7. The van der Waals surface area contributed by atoms with Gasteiger partial charge in [-0.2, -0.15) is 0 Å². The SMILES string of the molecule is COc1ccc(C(=O)NC(C)C)cc1OCC(=O)Nc1ccc(Br)cc1. The van der Waals surface area contributed by atoms with Crippen LogP contribution in [0, 0.1) is 0 Å². The monoisotopic (exact) mass is 420 g/mol. The third kappa shape index (κ3) is 5.77. The fourth-order valence-corrected chi connectivity index (χ4v) is 2.41. The molecule has 0 saturated carbocycles. The van der Waals surface area contributed by atoms with Gasteiger partial charge in [0.1, 0.15) is 0 Å². The van der Waals surface area contributed by atoms with E-state index in [0.717, 1.165) is 4.47 Å². The van der Waals surface area contributed by atoms with Crippen LogP contribution in [0.5, 0.6) is 11.5 Å². The van der Waals surface area contributed by atoms with Gasteiger partial charge in [-0.3, -0.25) is 9.59 Å². The number of rotatable bonds is 7. The Hall–Kier alpha value is -2.54. The van der Waals surface area contributed by atoms with Crippen molar-refractivity contribution in [2.75, 3.05) is 19.0 Å². The Morgan fingerprint density at radius 1 is 1.08 bits per heavy atom. The van der Waals surface area contributed by atoms with Crippen molar-refractivity contribution in [2.45, 2.75) is 19.9 Å². The van der Waals surface area contributed by atoms with Gasteiger partial charge in [0.25, 0.3) is 11.8 Å². The molecule has 0 aromatic heterocycles. The molecule has 2 aromatic carbocycles. The van der Waals surface area contributed by atoms with Crippen molar-refractivity contribution >= 4 is 33.4 Å². The zero-order valence-corrected chi connectivity index (χ0v) is 16.4. The van der Waals surface area contributed by atoms with Gasteiger partial charge in [0.2, 0.25) is 0 Å². The number of carbonyl (C=O) groups excluding carboxylic acids is 2. The summed E-state index contributed by atoms with van der Waals surface area (Å²) in [7, 11) is 1.50. The molecule has 0 bridgehead atoms. The highest BCUT2D eigenvalue weighted by molar-refractivity contribution is 9.10. The standard InChI is InChI=1S/C19H21BrN2O4/c1-12(2)21-19(24)13-4-9-16(25-3)17(10-13)26-11-18(23)22-15-7-5-14(20)6-8-15/h4-10,12H,11H2,1-3H3,(H,21,24)(H,22,23). The van der Waals surface area contributed by atoms with Crippen molar-refractivity contribution in [1.82, 2.24) is 5.32 Å². The van der Waals surface area contributed by atoms with Gasteiger partial charge in [0.15, 0.2) is 18.1 Å². The van der Waals surface area contributed by atoms with E-state index in [1.54, 1.807) is 30.3 Å². The second-order valence-corrected chi connectivity index (χ2v) is 6.75. The van der Waals surface area contributed by atoms with E-state index >= 15 is 0 Å². The number of ether oxygens (including phenoxy) is 2. The minimum absolute atomic E-state index is 0.0191. The summed E-state index contributed by atoms with van der Waals surface area (Å²) in [4.78, 5) is 24.2. The average molecular weight is 421 g/mol. The van der Waals surface area contributed by atoms with E-state index in [4.69, 9.17) is 9.47 Å². The van der Waals surface area contributed by atoms with Crippen LogP contribution in [0.4, 0.5) is 5.69 Å². The molecule has 0 aliphatic rings. The Morgan fingerprint density at radius 3 is 2.38 bits per heavy atom. The maximum atomic E-state index is 12.1. The van der Waals surface area contributed by atoms with Crippen LogP contribution >= 0.6 is 15.9 Å². The molecule has 2 amide bonds. The number of nitrogens with one attached hydrogen (secondary N) is 2. The number of hydrogen-bond donors (Lipinski definition) is 2. The molecule has 0 saturated heterocycles. The van der Waals surface area contributed by atoms with E-state index in [9.17, 15) is 9.59 Å². The number of carbonyl (C=O) groups is 2. The lowest BCUT2D eigenvalue weighted by molar-refractivity contribution is -0.118. The normalized spacial score (nSPS) is 10.3. The van der Waals surface area contributed by atoms with Crippen molar-refractivity contribution in [2.24, 2.45) is 0 Å². The highest BCUT2D eigenvalue weighted by Gasteiger charge is 2.13. The molecule has 2 N–H and O–H groups in total. The first-order valence-corrected chi connectivity index (χ1v) is 8.85. The third-order valence-corrected chi connectivity index (χ3v) is 3.86. The van der Waals surface area contributed by atoms with E-state index in [0.29, 0.717) is 22.7 Å². The lowest BCUT2D eigenvalue weighted by Crippen LogP contribution is -2.30. The Labute approximate surface area is 161 Å². The number of benzene rings is 2. The molecule has 26 heavy (non-hydrogen) atoms. The van der Waals surface area contributed by atoms with E-state index in [1.165, 1.54) is 7.11 Å². The van der Waals surface area contributed by atoms with Crippen LogP contribution in [0.2, 0.25) is 0 Å². The van der Waals surface area contributed by atoms with Crippen molar-refractivity contribution < 1.29 is 19.1 Å². The minimum atomic E-state index is -0.314. The largest absolute Gasteiger partial charge is 0.493 e. The number of anilines is 1. The van der Waals surface area contributed by atoms with Crippen molar-refractivity contribution in [3.63, 3.8) is 0 Å². The van der Waals surface area contributed by atoms with Crippen LogP contribution < -0.4 is 20.1 Å². The number of hydrogen-bond acceptors (Lipinski definition) is 4. The number of methoxy groups -OCH3 is 1. The van der Waals surface area contributed by atoms with Gasteiger partial charge in [0, 0.05) is 21.8 Å². The van der Waals surface area contributed by atoms with E-state index in [-0.39, 0.29) is 24.5 Å². The van der Waals surface area contributed by atoms with Gasteiger partial charge < -0.3 is 20.1 Å². The quantitative estimate of drug-likeness (QED) is 0.716.